The summed E-state index contributed by atoms with van der Waals surface area (Å²) in [5.74, 6) is -1.94. The Morgan fingerprint density at radius 1 is 0.902 bits per heavy atom. The molecule has 3 aromatic rings. The number of carbonyl (C=O) groups excluding carboxylic acids is 2. The average Bonchev–Trinajstić information content (AvgIpc) is 3.47. The van der Waals surface area contributed by atoms with Gasteiger partial charge in [0.15, 0.2) is 0 Å². The molecule has 1 aromatic heterocycles. The maximum Gasteiger partial charge on any atom is 0.372 e. The highest BCUT2D eigenvalue weighted by atomic mass is 16.6. The van der Waals surface area contributed by atoms with Gasteiger partial charge in [-0.25, -0.2) is 19.6 Å². The van der Waals surface area contributed by atoms with Gasteiger partial charge in [-0.05, 0) is 88.1 Å². The number of carbonyl (C=O) groups is 3. The normalized spacial score (nSPS) is 13.9. The van der Waals surface area contributed by atoms with Gasteiger partial charge in [-0.15, -0.1) is 0 Å². The highest BCUT2D eigenvalue weighted by Crippen LogP contribution is 2.39. The number of esters is 1. The van der Waals surface area contributed by atoms with Crippen LogP contribution in [0.3, 0.4) is 0 Å². The van der Waals surface area contributed by atoms with Gasteiger partial charge in [-0.1, -0.05) is 56.7 Å². The molecule has 0 saturated heterocycles. The van der Waals surface area contributed by atoms with Crippen molar-refractivity contribution in [1.82, 2.24) is 9.97 Å². The molecule has 1 N–H and O–H groups in total. The molecule has 0 atom stereocenters. The van der Waals surface area contributed by atoms with Crippen LogP contribution in [0.1, 0.15) is 119 Å². The van der Waals surface area contributed by atoms with Crippen LogP contribution >= 0.6 is 0 Å². The quantitative estimate of drug-likeness (QED) is 0.129. The number of aliphatic carboxylic acids is 1. The van der Waals surface area contributed by atoms with Gasteiger partial charge in [0.05, 0.1) is 16.8 Å². The molecule has 0 aliphatic heterocycles. The van der Waals surface area contributed by atoms with Crippen LogP contribution in [0.2, 0.25) is 0 Å². The zero-order valence-electron chi connectivity index (χ0n) is 24.6. The van der Waals surface area contributed by atoms with Crippen molar-refractivity contribution in [2.45, 2.75) is 109 Å². The van der Waals surface area contributed by atoms with Crippen LogP contribution in [-0.2, 0) is 20.7 Å². The van der Waals surface area contributed by atoms with Crippen LogP contribution in [0.5, 0.6) is 0 Å². The van der Waals surface area contributed by atoms with Crippen LogP contribution in [0.25, 0.3) is 22.2 Å². The highest BCUT2D eigenvalue weighted by Gasteiger charge is 2.26. The smallest absolute Gasteiger partial charge is 0.372 e. The third-order valence-corrected chi connectivity index (χ3v) is 7.80. The second-order valence-corrected chi connectivity index (χ2v) is 12.2. The number of fused-ring (bicyclic) bond motifs is 1. The number of benzene rings is 2. The van der Waals surface area contributed by atoms with Crippen molar-refractivity contribution in [2.24, 2.45) is 0 Å². The summed E-state index contributed by atoms with van der Waals surface area (Å²) in [4.78, 5) is 44.0. The Balaban J connectivity index is 1.43. The number of aromatic nitrogens is 2. The molecule has 1 saturated carbocycles. The minimum atomic E-state index is -1.33. The molecule has 4 rings (SSSR count). The Labute approximate surface area is 242 Å². The number of ketones is 1. The molecule has 7 heteroatoms. The van der Waals surface area contributed by atoms with Gasteiger partial charge in [0, 0.05) is 17.4 Å². The predicted molar refractivity (Wildman–Crippen MR) is 160 cm³/mol. The van der Waals surface area contributed by atoms with Crippen LogP contribution in [-0.4, -0.2) is 38.4 Å². The van der Waals surface area contributed by atoms with Gasteiger partial charge in [-0.3, -0.25) is 4.79 Å². The Bertz CT molecular complexity index is 1390. The van der Waals surface area contributed by atoms with E-state index in [0.717, 1.165) is 79.1 Å². The Morgan fingerprint density at radius 3 is 2.32 bits per heavy atom. The van der Waals surface area contributed by atoms with Crippen molar-refractivity contribution >= 4 is 28.6 Å². The lowest BCUT2D eigenvalue weighted by atomic mass is 9.90. The SMILES string of the molecule is CC(C)(C)OC(=O)c1ccc(-c2ncnc3cc(CCCCCCCCC(=O)C(=O)O)ccc23)cc1C1CCCC1. The number of carboxylic acid groups (broad SMARTS) is 1. The summed E-state index contributed by atoms with van der Waals surface area (Å²) in [6.07, 6.45) is 13.0. The van der Waals surface area contributed by atoms with Crippen molar-refractivity contribution in [3.63, 3.8) is 0 Å². The molecule has 0 unspecified atom stereocenters. The average molecular weight is 559 g/mol. The summed E-state index contributed by atoms with van der Waals surface area (Å²) >= 11 is 0. The van der Waals surface area contributed by atoms with Crippen LogP contribution < -0.4 is 0 Å². The third-order valence-electron chi connectivity index (χ3n) is 7.80. The van der Waals surface area contributed by atoms with Gasteiger partial charge < -0.3 is 9.84 Å². The first-order valence-electron chi connectivity index (χ1n) is 15.0. The van der Waals surface area contributed by atoms with Crippen molar-refractivity contribution < 1.29 is 24.2 Å². The van der Waals surface area contributed by atoms with E-state index in [9.17, 15) is 14.4 Å². The number of hydrogen-bond acceptors (Lipinski definition) is 6. The number of aryl methyl sites for hydroxylation is 1. The fourth-order valence-corrected chi connectivity index (χ4v) is 5.72. The molecule has 1 aliphatic rings. The Hall–Kier alpha value is -3.61. The molecule has 1 aliphatic carbocycles. The van der Waals surface area contributed by atoms with Crippen molar-refractivity contribution in [2.75, 3.05) is 0 Å². The van der Waals surface area contributed by atoms with Gasteiger partial charge >= 0.3 is 11.9 Å². The molecule has 2 aromatic carbocycles. The zero-order valence-corrected chi connectivity index (χ0v) is 24.6. The molecule has 7 nitrogen and oxygen atoms in total. The minimum Gasteiger partial charge on any atom is -0.476 e. The summed E-state index contributed by atoms with van der Waals surface area (Å²) in [5, 5.41) is 9.63. The third kappa shape index (κ3) is 8.44. The van der Waals surface area contributed by atoms with E-state index >= 15 is 0 Å². The van der Waals surface area contributed by atoms with E-state index in [-0.39, 0.29) is 12.4 Å². The molecule has 0 bridgehead atoms. The maximum atomic E-state index is 13.1. The molecule has 218 valence electrons. The lowest BCUT2D eigenvalue weighted by Gasteiger charge is -2.22. The highest BCUT2D eigenvalue weighted by molar-refractivity contribution is 6.32. The van der Waals surface area contributed by atoms with Gasteiger partial charge in [-0.2, -0.15) is 0 Å². The van der Waals surface area contributed by atoms with E-state index < -0.39 is 17.4 Å². The standard InChI is InChI=1S/C34H42N2O5/c1-34(2,3)41-33(40)26-19-17-25(21-28(26)24-13-10-11-14-24)31-27-18-16-23(20-29(27)35-22-36-31)12-8-6-4-5-7-9-15-30(37)32(38)39/h16-22,24H,4-15H2,1-3H3,(H,38,39). The number of nitrogens with zero attached hydrogens (tertiary/aromatic N) is 2. The van der Waals surface area contributed by atoms with E-state index in [2.05, 4.69) is 34.2 Å². The second-order valence-electron chi connectivity index (χ2n) is 12.2. The first-order chi connectivity index (χ1) is 19.6. The first kappa shape index (κ1) is 30.4. The van der Waals surface area contributed by atoms with Gasteiger partial charge in [0.1, 0.15) is 11.9 Å². The van der Waals surface area contributed by atoms with Crippen molar-refractivity contribution in [3.05, 3.63) is 59.4 Å². The van der Waals surface area contributed by atoms with Crippen LogP contribution in [0.4, 0.5) is 0 Å². The van der Waals surface area contributed by atoms with E-state index in [1.165, 1.54) is 18.4 Å². The summed E-state index contributed by atoms with van der Waals surface area (Å²) in [6.45, 7) is 5.69. The maximum absolute atomic E-state index is 13.1. The fourth-order valence-electron chi connectivity index (χ4n) is 5.72. The molecular weight excluding hydrogens is 516 g/mol. The summed E-state index contributed by atoms with van der Waals surface area (Å²) < 4.78 is 5.74. The van der Waals surface area contributed by atoms with Crippen molar-refractivity contribution in [1.29, 1.82) is 0 Å². The summed E-state index contributed by atoms with van der Waals surface area (Å²) in [6, 6.07) is 12.4. The first-order valence-corrected chi connectivity index (χ1v) is 15.0. The molecule has 0 amide bonds. The monoisotopic (exact) mass is 558 g/mol. The topological polar surface area (TPSA) is 106 Å². The lowest BCUT2D eigenvalue weighted by molar-refractivity contribution is -0.149. The van der Waals surface area contributed by atoms with Gasteiger partial charge in [0.25, 0.3) is 0 Å². The molecule has 0 spiro atoms. The number of unbranched alkanes of at least 4 members (excludes halogenated alkanes) is 5. The summed E-state index contributed by atoms with van der Waals surface area (Å²) in [5.41, 5.74) is 5.18. The molecular formula is C34H42N2O5. The largest absolute Gasteiger partial charge is 0.476 e. The molecule has 1 fully saturated rings. The van der Waals surface area contributed by atoms with Gasteiger partial charge in [0.2, 0.25) is 5.78 Å². The molecule has 41 heavy (non-hydrogen) atoms. The lowest BCUT2D eigenvalue weighted by Crippen LogP contribution is -2.24. The number of hydrogen-bond donors (Lipinski definition) is 1. The number of Topliss-reactive ketones (excluding diaryl/α,β-unsaturated/α-hetero) is 1. The van der Waals surface area contributed by atoms with E-state index in [4.69, 9.17) is 9.84 Å². The summed E-state index contributed by atoms with van der Waals surface area (Å²) in [7, 11) is 0. The van der Waals surface area contributed by atoms with Crippen LogP contribution in [0, 0.1) is 0 Å². The Morgan fingerprint density at radius 2 is 1.61 bits per heavy atom. The van der Waals surface area contributed by atoms with E-state index in [1.807, 2.05) is 32.9 Å². The Kier molecular flexibility index (Phi) is 10.2. The number of rotatable bonds is 13. The zero-order chi connectivity index (χ0) is 29.4. The van der Waals surface area contributed by atoms with E-state index in [1.54, 1.807) is 6.33 Å². The fraction of sp³-hybridized carbons (Fsp3) is 0.500. The van der Waals surface area contributed by atoms with Crippen molar-refractivity contribution in [3.8, 4) is 11.3 Å². The number of ether oxygens (including phenoxy) is 1. The van der Waals surface area contributed by atoms with Crippen LogP contribution in [0.15, 0.2) is 42.7 Å². The predicted octanol–water partition coefficient (Wildman–Crippen LogP) is 7.84. The number of carboxylic acids is 1. The molecule has 1 heterocycles. The molecule has 0 radical (unpaired) electrons. The van der Waals surface area contributed by atoms with E-state index in [0.29, 0.717) is 17.9 Å². The minimum absolute atomic E-state index is 0.131. The second kappa shape index (κ2) is 13.8.